The topological polar surface area (TPSA) is 52.5 Å². The largest absolute Gasteiger partial charge is 0.497 e. The number of halogens is 1. The summed E-state index contributed by atoms with van der Waals surface area (Å²) >= 11 is 6.03. The van der Waals surface area contributed by atoms with Gasteiger partial charge in [0.2, 0.25) is 0 Å². The molecule has 0 bridgehead atoms. The second-order valence-electron chi connectivity index (χ2n) is 8.71. The van der Waals surface area contributed by atoms with E-state index in [2.05, 4.69) is 5.32 Å². The molecule has 0 radical (unpaired) electrons. The van der Waals surface area contributed by atoms with Crippen molar-refractivity contribution in [1.29, 1.82) is 0 Å². The lowest BCUT2D eigenvalue weighted by Gasteiger charge is -2.10. The highest BCUT2D eigenvalue weighted by Gasteiger charge is 2.20. The summed E-state index contributed by atoms with van der Waals surface area (Å²) in [6.07, 6.45) is 0.735. The average Bonchev–Trinajstić information content (AvgIpc) is 3.20. The van der Waals surface area contributed by atoms with Crippen LogP contribution in [0.2, 0.25) is 5.02 Å². The van der Waals surface area contributed by atoms with Crippen molar-refractivity contribution < 1.29 is 14.3 Å². The van der Waals surface area contributed by atoms with Gasteiger partial charge >= 0.3 is 0 Å². The molecule has 0 aliphatic rings. The molecule has 0 aliphatic carbocycles. The van der Waals surface area contributed by atoms with Crippen LogP contribution in [0.3, 0.4) is 0 Å². The Hall–Kier alpha value is -4.22. The molecule has 4 aromatic carbocycles. The third kappa shape index (κ3) is 5.32. The number of carbonyl (C=O) groups is 1. The Kier molecular flexibility index (Phi) is 7.15. The number of ether oxygens (including phenoxy) is 2. The van der Waals surface area contributed by atoms with Crippen molar-refractivity contribution in [3.63, 3.8) is 0 Å². The fraction of sp³-hybridized carbons (Fsp3) is 0.129. The highest BCUT2D eigenvalue weighted by atomic mass is 35.5. The molecule has 0 saturated carbocycles. The first-order chi connectivity index (χ1) is 18.0. The van der Waals surface area contributed by atoms with Gasteiger partial charge in [0.25, 0.3) is 5.91 Å². The highest BCUT2D eigenvalue weighted by molar-refractivity contribution is 6.30. The number of anilines is 1. The Labute approximate surface area is 221 Å². The van der Waals surface area contributed by atoms with Gasteiger partial charge in [0.1, 0.15) is 17.2 Å². The van der Waals surface area contributed by atoms with Gasteiger partial charge in [-0.15, -0.1) is 0 Å². The average molecular weight is 511 g/mol. The number of nitrogens with zero attached hydrogens (tertiary/aromatic N) is 1. The minimum absolute atomic E-state index is 0.0856. The van der Waals surface area contributed by atoms with Crippen molar-refractivity contribution >= 4 is 34.1 Å². The van der Waals surface area contributed by atoms with Gasteiger partial charge in [-0.25, -0.2) is 0 Å². The van der Waals surface area contributed by atoms with E-state index in [1.54, 1.807) is 35.9 Å². The molecule has 5 nitrogen and oxygen atoms in total. The Morgan fingerprint density at radius 1 is 0.865 bits per heavy atom. The second kappa shape index (κ2) is 10.8. The smallest absolute Gasteiger partial charge is 0.262 e. The molecule has 1 aromatic heterocycles. The molecule has 0 spiro atoms. The SMILES string of the molecule is COc1ccc2c(c1)c(CCNc1ccc(Oc3ccccc3)cc1)c(C)n2C(=O)c1ccc(Cl)cc1. The van der Waals surface area contributed by atoms with Gasteiger partial charge in [0.05, 0.1) is 12.6 Å². The number of fused-ring (bicyclic) bond motifs is 1. The van der Waals surface area contributed by atoms with Gasteiger partial charge in [0, 0.05) is 33.9 Å². The summed E-state index contributed by atoms with van der Waals surface area (Å²) in [6.45, 7) is 2.69. The molecule has 6 heteroatoms. The molecule has 0 unspecified atom stereocenters. The second-order valence-corrected chi connectivity index (χ2v) is 9.15. The standard InChI is InChI=1S/C31H27ClN2O3/c1-21-28(18-19-33-24-12-14-26(15-13-24)37-25-6-4-3-5-7-25)29-20-27(36-2)16-17-30(29)34(21)31(35)22-8-10-23(32)11-9-22/h3-17,20,33H,18-19H2,1-2H3. The number of hydrogen-bond donors (Lipinski definition) is 1. The summed E-state index contributed by atoms with van der Waals surface area (Å²) in [5.74, 6) is 2.26. The number of para-hydroxylation sites is 1. The van der Waals surface area contributed by atoms with Gasteiger partial charge in [0.15, 0.2) is 0 Å². The zero-order valence-corrected chi connectivity index (χ0v) is 21.5. The number of carbonyl (C=O) groups excluding carboxylic acids is 1. The number of aromatic nitrogens is 1. The van der Waals surface area contributed by atoms with Gasteiger partial charge in [-0.1, -0.05) is 29.8 Å². The molecule has 0 atom stereocenters. The van der Waals surface area contributed by atoms with Crippen LogP contribution in [0.5, 0.6) is 17.2 Å². The quantitative estimate of drug-likeness (QED) is 0.232. The minimum Gasteiger partial charge on any atom is -0.497 e. The van der Waals surface area contributed by atoms with Crippen molar-refractivity contribution in [3.8, 4) is 17.2 Å². The van der Waals surface area contributed by atoms with Crippen molar-refractivity contribution in [2.45, 2.75) is 13.3 Å². The molecule has 5 aromatic rings. The van der Waals surface area contributed by atoms with E-state index >= 15 is 0 Å². The number of nitrogens with one attached hydrogen (secondary N) is 1. The van der Waals surface area contributed by atoms with E-state index in [-0.39, 0.29) is 5.91 Å². The maximum atomic E-state index is 13.5. The lowest BCUT2D eigenvalue weighted by atomic mass is 10.1. The summed E-state index contributed by atoms with van der Waals surface area (Å²) < 4.78 is 13.1. The van der Waals surface area contributed by atoms with Crippen molar-refractivity contribution in [2.75, 3.05) is 19.0 Å². The van der Waals surface area contributed by atoms with E-state index in [1.807, 2.05) is 79.7 Å². The minimum atomic E-state index is -0.0856. The van der Waals surface area contributed by atoms with Crippen LogP contribution in [0, 0.1) is 6.92 Å². The maximum Gasteiger partial charge on any atom is 0.262 e. The summed E-state index contributed by atoms with van der Waals surface area (Å²) in [6, 6.07) is 30.4. The Bertz CT molecular complexity index is 1530. The normalized spacial score (nSPS) is 10.9. The molecular formula is C31H27ClN2O3. The Morgan fingerprint density at radius 2 is 1.54 bits per heavy atom. The van der Waals surface area contributed by atoms with E-state index in [0.29, 0.717) is 17.1 Å². The molecule has 5 rings (SSSR count). The van der Waals surface area contributed by atoms with Gasteiger partial charge in [-0.05, 0) is 97.8 Å². The summed E-state index contributed by atoms with van der Waals surface area (Å²) in [7, 11) is 1.65. The molecule has 0 fully saturated rings. The Morgan fingerprint density at radius 3 is 2.24 bits per heavy atom. The van der Waals surface area contributed by atoms with E-state index in [9.17, 15) is 4.79 Å². The lowest BCUT2D eigenvalue weighted by molar-refractivity contribution is 0.0963. The summed E-state index contributed by atoms with van der Waals surface area (Å²) in [5, 5.41) is 5.09. The molecule has 0 amide bonds. The number of methoxy groups -OCH3 is 1. The highest BCUT2D eigenvalue weighted by Crippen LogP contribution is 2.31. The van der Waals surface area contributed by atoms with Crippen LogP contribution in [0.25, 0.3) is 10.9 Å². The summed E-state index contributed by atoms with van der Waals surface area (Å²) in [4.78, 5) is 13.5. The zero-order valence-electron chi connectivity index (χ0n) is 20.7. The van der Waals surface area contributed by atoms with Crippen molar-refractivity contribution in [2.24, 2.45) is 0 Å². The third-order valence-corrected chi connectivity index (χ3v) is 6.63. The van der Waals surface area contributed by atoms with Crippen molar-refractivity contribution in [3.05, 3.63) is 119 Å². The molecule has 0 aliphatic heterocycles. The van der Waals surface area contributed by atoms with Crippen LogP contribution < -0.4 is 14.8 Å². The maximum absolute atomic E-state index is 13.5. The summed E-state index contributed by atoms with van der Waals surface area (Å²) in [5.41, 5.74) is 4.46. The van der Waals surface area contributed by atoms with Crippen LogP contribution in [0.4, 0.5) is 5.69 Å². The first kappa shape index (κ1) is 24.5. The van der Waals surface area contributed by atoms with E-state index in [0.717, 1.165) is 51.5 Å². The fourth-order valence-electron chi connectivity index (χ4n) is 4.49. The molecule has 1 N–H and O–H groups in total. The number of benzene rings is 4. The first-order valence-corrected chi connectivity index (χ1v) is 12.5. The van der Waals surface area contributed by atoms with Crippen LogP contribution in [0.15, 0.2) is 97.1 Å². The van der Waals surface area contributed by atoms with Gasteiger partial charge in [-0.2, -0.15) is 0 Å². The molecular weight excluding hydrogens is 484 g/mol. The van der Waals surface area contributed by atoms with Crippen LogP contribution >= 0.6 is 11.6 Å². The lowest BCUT2D eigenvalue weighted by Crippen LogP contribution is -2.14. The monoisotopic (exact) mass is 510 g/mol. The number of hydrogen-bond acceptors (Lipinski definition) is 4. The Balaban J connectivity index is 1.36. The predicted octanol–water partition coefficient (Wildman–Crippen LogP) is 7.75. The van der Waals surface area contributed by atoms with E-state index in [1.165, 1.54) is 0 Å². The zero-order chi connectivity index (χ0) is 25.8. The van der Waals surface area contributed by atoms with Crippen LogP contribution in [-0.4, -0.2) is 24.1 Å². The fourth-order valence-corrected chi connectivity index (χ4v) is 4.61. The van der Waals surface area contributed by atoms with Gasteiger partial charge < -0.3 is 14.8 Å². The van der Waals surface area contributed by atoms with E-state index in [4.69, 9.17) is 21.1 Å². The predicted molar refractivity (Wildman–Crippen MR) is 150 cm³/mol. The number of rotatable bonds is 8. The van der Waals surface area contributed by atoms with Crippen molar-refractivity contribution in [1.82, 2.24) is 4.57 Å². The van der Waals surface area contributed by atoms with E-state index < -0.39 is 0 Å². The molecule has 1 heterocycles. The third-order valence-electron chi connectivity index (χ3n) is 6.37. The first-order valence-electron chi connectivity index (χ1n) is 12.1. The van der Waals surface area contributed by atoms with Crippen LogP contribution in [-0.2, 0) is 6.42 Å². The molecule has 0 saturated heterocycles. The van der Waals surface area contributed by atoms with Crippen LogP contribution in [0.1, 0.15) is 21.6 Å². The molecule has 186 valence electrons. The van der Waals surface area contributed by atoms with Gasteiger partial charge in [-0.3, -0.25) is 9.36 Å². The molecule has 37 heavy (non-hydrogen) atoms.